The van der Waals surface area contributed by atoms with Crippen molar-refractivity contribution in [2.75, 3.05) is 13.2 Å². The molecule has 0 spiro atoms. The zero-order valence-corrected chi connectivity index (χ0v) is 15.5. The Morgan fingerprint density at radius 2 is 1.89 bits per heavy atom. The van der Waals surface area contributed by atoms with Gasteiger partial charge in [-0.1, -0.05) is 12.1 Å². The third-order valence-corrected chi connectivity index (χ3v) is 4.50. The van der Waals surface area contributed by atoms with Crippen molar-refractivity contribution in [1.29, 1.82) is 0 Å². The van der Waals surface area contributed by atoms with Crippen molar-refractivity contribution in [3.8, 4) is 0 Å². The Hall–Kier alpha value is -3.42. The molecule has 2 aromatic rings. The smallest absolute Gasteiger partial charge is 0.338 e. The molecule has 1 aromatic heterocycles. The summed E-state index contributed by atoms with van der Waals surface area (Å²) in [4.78, 5) is 49.3. The number of nitrogens with one attached hydrogen (secondary N) is 1. The van der Waals surface area contributed by atoms with Crippen LogP contribution in [0.25, 0.3) is 0 Å². The first kappa shape index (κ1) is 19.3. The lowest BCUT2D eigenvalue weighted by Crippen LogP contribution is -2.35. The maximum atomic E-state index is 12.1. The number of aryl methyl sites for hydroxylation is 1. The van der Waals surface area contributed by atoms with Gasteiger partial charge in [-0.3, -0.25) is 19.7 Å². The molecule has 8 nitrogen and oxygen atoms in total. The SMILES string of the molecule is Cn1cccc1C(=O)NC(=O)COC(=O)c1ccc(CN2CCCC2=O)cc1. The molecular formula is C20H21N3O5. The Balaban J connectivity index is 1.47. The van der Waals surface area contributed by atoms with Crippen LogP contribution in [0.4, 0.5) is 0 Å². The second-order valence-corrected chi connectivity index (χ2v) is 6.57. The van der Waals surface area contributed by atoms with Gasteiger partial charge in [-0.25, -0.2) is 4.79 Å². The van der Waals surface area contributed by atoms with E-state index in [4.69, 9.17) is 4.74 Å². The fourth-order valence-corrected chi connectivity index (χ4v) is 2.98. The maximum absolute atomic E-state index is 12.1. The van der Waals surface area contributed by atoms with Gasteiger partial charge in [-0.05, 0) is 36.2 Å². The van der Waals surface area contributed by atoms with E-state index in [0.717, 1.165) is 18.5 Å². The summed E-state index contributed by atoms with van der Waals surface area (Å²) in [7, 11) is 1.68. The molecule has 0 aliphatic carbocycles. The van der Waals surface area contributed by atoms with Gasteiger partial charge < -0.3 is 14.2 Å². The minimum absolute atomic E-state index is 0.138. The molecule has 1 aliphatic rings. The Kier molecular flexibility index (Phi) is 5.88. The van der Waals surface area contributed by atoms with Gasteiger partial charge in [-0.15, -0.1) is 0 Å². The molecule has 1 fully saturated rings. The van der Waals surface area contributed by atoms with Crippen molar-refractivity contribution in [1.82, 2.24) is 14.8 Å². The highest BCUT2D eigenvalue weighted by atomic mass is 16.5. The van der Waals surface area contributed by atoms with Crippen LogP contribution < -0.4 is 5.32 Å². The predicted octanol–water partition coefficient (Wildman–Crippen LogP) is 1.26. The maximum Gasteiger partial charge on any atom is 0.338 e. The number of esters is 1. The van der Waals surface area contributed by atoms with E-state index in [9.17, 15) is 19.2 Å². The van der Waals surface area contributed by atoms with Gasteiger partial charge in [0.25, 0.3) is 11.8 Å². The summed E-state index contributed by atoms with van der Waals surface area (Å²) < 4.78 is 6.53. The molecule has 0 atom stereocenters. The summed E-state index contributed by atoms with van der Waals surface area (Å²) in [5, 5.41) is 2.17. The number of imide groups is 1. The Morgan fingerprint density at radius 3 is 2.50 bits per heavy atom. The molecule has 28 heavy (non-hydrogen) atoms. The van der Waals surface area contributed by atoms with Crippen molar-refractivity contribution in [2.24, 2.45) is 7.05 Å². The monoisotopic (exact) mass is 383 g/mol. The van der Waals surface area contributed by atoms with E-state index >= 15 is 0 Å². The number of likely N-dealkylation sites (tertiary alicyclic amines) is 1. The molecule has 0 radical (unpaired) electrons. The van der Waals surface area contributed by atoms with Gasteiger partial charge >= 0.3 is 5.97 Å². The number of carbonyl (C=O) groups excluding carboxylic acids is 4. The second kappa shape index (κ2) is 8.51. The molecule has 3 amide bonds. The standard InChI is InChI=1S/C20H21N3O5/c1-22-10-2-4-16(22)19(26)21-17(24)13-28-20(27)15-8-6-14(7-9-15)12-23-11-3-5-18(23)25/h2,4,6-10H,3,5,11-13H2,1H3,(H,21,24,26). The molecule has 146 valence electrons. The van der Waals surface area contributed by atoms with Crippen LogP contribution in [0.5, 0.6) is 0 Å². The molecular weight excluding hydrogens is 362 g/mol. The van der Waals surface area contributed by atoms with E-state index in [1.807, 2.05) is 0 Å². The number of benzene rings is 1. The van der Waals surface area contributed by atoms with E-state index in [1.54, 1.807) is 59.1 Å². The largest absolute Gasteiger partial charge is 0.452 e. The van der Waals surface area contributed by atoms with Crippen LogP contribution in [0, 0.1) is 0 Å². The topological polar surface area (TPSA) is 97.7 Å². The number of nitrogens with zero attached hydrogens (tertiary/aromatic N) is 2. The van der Waals surface area contributed by atoms with Gasteiger partial charge in [-0.2, -0.15) is 0 Å². The summed E-state index contributed by atoms with van der Waals surface area (Å²) in [6.45, 7) is 0.704. The van der Waals surface area contributed by atoms with E-state index < -0.39 is 24.4 Å². The Morgan fingerprint density at radius 1 is 1.14 bits per heavy atom. The van der Waals surface area contributed by atoms with Crippen LogP contribution in [0.3, 0.4) is 0 Å². The first-order valence-corrected chi connectivity index (χ1v) is 8.93. The highest BCUT2D eigenvalue weighted by Gasteiger charge is 2.20. The van der Waals surface area contributed by atoms with Crippen LogP contribution in [0.15, 0.2) is 42.6 Å². The molecule has 0 saturated carbocycles. The summed E-state index contributed by atoms with van der Waals surface area (Å²) in [5.41, 5.74) is 1.53. The van der Waals surface area contributed by atoms with Gasteiger partial charge in [0.05, 0.1) is 5.56 Å². The fourth-order valence-electron chi connectivity index (χ4n) is 2.98. The van der Waals surface area contributed by atoms with Gasteiger partial charge in [0.2, 0.25) is 5.91 Å². The van der Waals surface area contributed by atoms with E-state index in [2.05, 4.69) is 5.32 Å². The highest BCUT2D eigenvalue weighted by Crippen LogP contribution is 2.15. The molecule has 2 heterocycles. The van der Waals surface area contributed by atoms with E-state index in [1.165, 1.54) is 0 Å². The average molecular weight is 383 g/mol. The van der Waals surface area contributed by atoms with Crippen molar-refractivity contribution in [2.45, 2.75) is 19.4 Å². The molecule has 3 rings (SSSR count). The zero-order valence-electron chi connectivity index (χ0n) is 15.5. The third kappa shape index (κ3) is 4.64. The molecule has 0 bridgehead atoms. The molecule has 1 aromatic carbocycles. The normalized spacial score (nSPS) is 13.5. The van der Waals surface area contributed by atoms with Gasteiger partial charge in [0.1, 0.15) is 5.69 Å². The third-order valence-electron chi connectivity index (χ3n) is 4.50. The van der Waals surface area contributed by atoms with Crippen molar-refractivity contribution < 1.29 is 23.9 Å². The number of rotatable bonds is 6. The number of aromatic nitrogens is 1. The van der Waals surface area contributed by atoms with Crippen LogP contribution >= 0.6 is 0 Å². The summed E-state index contributed by atoms with van der Waals surface area (Å²) >= 11 is 0. The average Bonchev–Trinajstić information content (AvgIpc) is 3.28. The molecule has 1 N–H and O–H groups in total. The number of ether oxygens (including phenoxy) is 1. The molecule has 0 unspecified atom stereocenters. The number of hydrogen-bond acceptors (Lipinski definition) is 5. The van der Waals surface area contributed by atoms with E-state index in [-0.39, 0.29) is 11.5 Å². The quantitative estimate of drug-likeness (QED) is 0.758. The van der Waals surface area contributed by atoms with Gasteiger partial charge in [0.15, 0.2) is 6.61 Å². The fraction of sp³-hybridized carbons (Fsp3) is 0.300. The Labute approximate surface area is 162 Å². The van der Waals surface area contributed by atoms with Crippen molar-refractivity contribution in [3.63, 3.8) is 0 Å². The lowest BCUT2D eigenvalue weighted by Gasteiger charge is -2.15. The number of carbonyl (C=O) groups is 4. The van der Waals surface area contributed by atoms with Crippen molar-refractivity contribution >= 4 is 23.7 Å². The van der Waals surface area contributed by atoms with Crippen LogP contribution in [0.1, 0.15) is 39.3 Å². The lowest BCUT2D eigenvalue weighted by molar-refractivity contribution is -0.128. The summed E-state index contributed by atoms with van der Waals surface area (Å²) in [6, 6.07) is 9.94. The van der Waals surface area contributed by atoms with Crippen molar-refractivity contribution in [3.05, 3.63) is 59.4 Å². The minimum atomic E-state index is -0.705. The van der Waals surface area contributed by atoms with Crippen LogP contribution in [-0.4, -0.2) is 46.3 Å². The van der Waals surface area contributed by atoms with E-state index in [0.29, 0.717) is 18.7 Å². The van der Waals surface area contributed by atoms with Crippen LogP contribution in [-0.2, 0) is 27.9 Å². The lowest BCUT2D eigenvalue weighted by atomic mass is 10.1. The Bertz CT molecular complexity index is 901. The first-order valence-electron chi connectivity index (χ1n) is 8.93. The van der Waals surface area contributed by atoms with Gasteiger partial charge in [0, 0.05) is 32.8 Å². The number of hydrogen-bond donors (Lipinski definition) is 1. The predicted molar refractivity (Wildman–Crippen MR) is 99.3 cm³/mol. The zero-order chi connectivity index (χ0) is 20.1. The highest BCUT2D eigenvalue weighted by molar-refractivity contribution is 6.04. The molecule has 1 saturated heterocycles. The number of amides is 3. The first-order chi connectivity index (χ1) is 13.4. The molecule has 1 aliphatic heterocycles. The minimum Gasteiger partial charge on any atom is -0.452 e. The summed E-state index contributed by atoms with van der Waals surface area (Å²) in [6.07, 6.45) is 3.14. The second-order valence-electron chi connectivity index (χ2n) is 6.57. The molecule has 8 heteroatoms. The van der Waals surface area contributed by atoms with Crippen LogP contribution in [0.2, 0.25) is 0 Å². The summed E-state index contributed by atoms with van der Waals surface area (Å²) in [5.74, 6) is -1.79.